The Morgan fingerprint density at radius 2 is 1.77 bits per heavy atom. The van der Waals surface area contributed by atoms with Crippen molar-refractivity contribution in [3.63, 3.8) is 0 Å². The van der Waals surface area contributed by atoms with Crippen molar-refractivity contribution in [3.8, 4) is 5.82 Å². The number of carbonyl (C=O) groups excluding carboxylic acids is 3. The Morgan fingerprint density at radius 1 is 1.09 bits per heavy atom. The van der Waals surface area contributed by atoms with Crippen LogP contribution in [0.1, 0.15) is 51.5 Å². The quantitative estimate of drug-likeness (QED) is 0.309. The van der Waals surface area contributed by atoms with Crippen LogP contribution in [0.4, 0.5) is 23.2 Å². The van der Waals surface area contributed by atoms with Crippen molar-refractivity contribution in [1.82, 2.24) is 20.1 Å². The number of benzene rings is 1. The number of nitrogens with zero attached hydrogens (tertiary/aromatic N) is 4. The maximum absolute atomic E-state index is 13.6. The van der Waals surface area contributed by atoms with Crippen LogP contribution in [-0.4, -0.2) is 61.9 Å². The molecular weight excluding hydrogens is 616 g/mol. The van der Waals surface area contributed by atoms with Gasteiger partial charge in [-0.25, -0.2) is 18.3 Å². The van der Waals surface area contributed by atoms with Crippen molar-refractivity contribution < 1.29 is 36.2 Å². The molecule has 0 saturated carbocycles. The van der Waals surface area contributed by atoms with Crippen LogP contribution >= 0.6 is 11.6 Å². The molecule has 0 aliphatic heterocycles. The smallest absolute Gasteiger partial charge is 0.351 e. The second kappa shape index (κ2) is 12.8. The predicted molar refractivity (Wildman–Crippen MR) is 154 cm³/mol. The summed E-state index contributed by atoms with van der Waals surface area (Å²) in [5, 5.41) is 8.89. The highest BCUT2D eigenvalue weighted by atomic mass is 35.5. The van der Waals surface area contributed by atoms with Crippen molar-refractivity contribution >= 4 is 44.7 Å². The van der Waals surface area contributed by atoms with Gasteiger partial charge in [0.1, 0.15) is 5.69 Å². The van der Waals surface area contributed by atoms with E-state index in [-0.39, 0.29) is 34.4 Å². The number of aromatic nitrogens is 3. The Labute approximate surface area is 250 Å². The molecule has 0 bridgehead atoms. The second-order valence-electron chi connectivity index (χ2n) is 10.6. The summed E-state index contributed by atoms with van der Waals surface area (Å²) in [6.45, 7) is 4.98. The van der Waals surface area contributed by atoms with Crippen LogP contribution in [0.5, 0.6) is 0 Å². The molecule has 0 saturated heterocycles. The third-order valence-electron chi connectivity index (χ3n) is 5.99. The summed E-state index contributed by atoms with van der Waals surface area (Å²) in [4.78, 5) is 42.1. The number of alkyl halides is 4. The second-order valence-corrected chi connectivity index (χ2v) is 13.5. The zero-order chi connectivity index (χ0) is 32.3. The molecule has 0 aliphatic rings. The Kier molecular flexibility index (Phi) is 10.0. The molecule has 10 nitrogen and oxygen atoms in total. The van der Waals surface area contributed by atoms with Gasteiger partial charge in [-0.3, -0.25) is 14.4 Å². The van der Waals surface area contributed by atoms with Crippen LogP contribution in [0.3, 0.4) is 0 Å². The van der Waals surface area contributed by atoms with Crippen LogP contribution in [0.2, 0.25) is 5.02 Å². The molecule has 232 valence electrons. The Bertz CT molecular complexity index is 1700. The maximum atomic E-state index is 13.6. The normalized spacial score (nSPS) is 13.3. The van der Waals surface area contributed by atoms with Crippen LogP contribution in [0, 0.1) is 19.3 Å². The minimum Gasteiger partial charge on any atom is -0.351 e. The molecule has 43 heavy (non-hydrogen) atoms. The molecule has 1 aromatic carbocycles. The van der Waals surface area contributed by atoms with E-state index in [1.54, 1.807) is 39.8 Å². The highest BCUT2D eigenvalue weighted by Crippen LogP contribution is 2.31. The fourth-order valence-corrected chi connectivity index (χ4v) is 6.64. The molecular formula is C27H29ClF4N6O4S. The van der Waals surface area contributed by atoms with Crippen molar-refractivity contribution in [2.75, 3.05) is 30.5 Å². The van der Waals surface area contributed by atoms with E-state index >= 15 is 0 Å². The molecule has 2 heterocycles. The van der Waals surface area contributed by atoms with Crippen molar-refractivity contribution in [2.24, 2.45) is 9.78 Å². The Balaban J connectivity index is 1.94. The minimum absolute atomic E-state index is 0.00336. The van der Waals surface area contributed by atoms with Crippen LogP contribution in [0.25, 0.3) is 5.82 Å². The summed E-state index contributed by atoms with van der Waals surface area (Å²) in [5.74, 6) is -3.01. The van der Waals surface area contributed by atoms with Gasteiger partial charge in [-0.1, -0.05) is 31.5 Å². The summed E-state index contributed by atoms with van der Waals surface area (Å²) in [5.41, 5.74) is -2.01. The summed E-state index contributed by atoms with van der Waals surface area (Å²) in [6, 6.07) is 6.47. The first-order valence-corrected chi connectivity index (χ1v) is 15.1. The molecule has 2 N–H and O–H groups in total. The monoisotopic (exact) mass is 644 g/mol. The lowest BCUT2D eigenvalue weighted by Gasteiger charge is -2.25. The fraction of sp³-hybridized carbons (Fsp3) is 0.370. The molecule has 0 spiro atoms. The number of nitrogens with one attached hydrogen (secondary N) is 2. The van der Waals surface area contributed by atoms with E-state index in [2.05, 4.69) is 25.1 Å². The standard InChI is InChI=1S/C27H29ClF4N6O4S/c1-15-7-6-8-33-23(15)38-19(11-20(36-38)27(30,31)32)25(41)35-22-16(2)9-17(28)10-18(22)24(40)34-13-26(3,4)14-43(5,42)37-21(39)12-29/h6-11H,12-14H2,1-5H3,(H,34,40)(H,35,41). The lowest BCUT2D eigenvalue weighted by molar-refractivity contribution is -0.141. The zero-order valence-electron chi connectivity index (χ0n) is 23.8. The van der Waals surface area contributed by atoms with Gasteiger partial charge in [0.2, 0.25) is 0 Å². The lowest BCUT2D eigenvalue weighted by Crippen LogP contribution is -2.38. The van der Waals surface area contributed by atoms with Crippen LogP contribution < -0.4 is 10.6 Å². The molecule has 0 fully saturated rings. The topological polar surface area (TPSA) is 135 Å². The SMILES string of the molecule is Cc1cccnc1-n1nc(C(F)(F)F)cc1C(=O)Nc1c(C)cc(Cl)cc1C(=O)NCC(C)(C)CS(C)(=O)=NC(=O)CF. The number of anilines is 1. The van der Waals surface area contributed by atoms with Gasteiger partial charge in [-0.15, -0.1) is 0 Å². The molecule has 0 radical (unpaired) electrons. The van der Waals surface area contributed by atoms with Crippen molar-refractivity contribution in [1.29, 1.82) is 0 Å². The number of hydrogen-bond acceptors (Lipinski definition) is 6. The van der Waals surface area contributed by atoms with Crippen LogP contribution in [-0.2, 0) is 20.7 Å². The maximum Gasteiger partial charge on any atom is 0.435 e. The van der Waals surface area contributed by atoms with E-state index in [1.165, 1.54) is 24.6 Å². The first-order chi connectivity index (χ1) is 19.8. The summed E-state index contributed by atoms with van der Waals surface area (Å²) in [7, 11) is -3.11. The highest BCUT2D eigenvalue weighted by molar-refractivity contribution is 7.93. The van der Waals surface area contributed by atoms with Gasteiger partial charge in [0.25, 0.3) is 17.7 Å². The molecule has 3 aromatic rings. The third-order valence-corrected chi connectivity index (χ3v) is 8.12. The van der Waals surface area contributed by atoms with Gasteiger partial charge in [0.15, 0.2) is 18.2 Å². The fourth-order valence-electron chi connectivity index (χ4n) is 4.27. The van der Waals surface area contributed by atoms with E-state index in [9.17, 15) is 36.2 Å². The first-order valence-electron chi connectivity index (χ1n) is 12.6. The largest absolute Gasteiger partial charge is 0.435 e. The highest BCUT2D eigenvalue weighted by Gasteiger charge is 2.37. The number of hydrogen-bond donors (Lipinski definition) is 2. The van der Waals surface area contributed by atoms with Gasteiger partial charge in [-0.2, -0.15) is 22.6 Å². The van der Waals surface area contributed by atoms with E-state index in [1.807, 2.05) is 0 Å². The average Bonchev–Trinajstić information content (AvgIpc) is 3.34. The number of rotatable bonds is 9. The summed E-state index contributed by atoms with van der Waals surface area (Å²) in [6.07, 6.45) is -2.30. The molecule has 16 heteroatoms. The van der Waals surface area contributed by atoms with Gasteiger partial charge in [0.05, 0.1) is 21.0 Å². The predicted octanol–water partition coefficient (Wildman–Crippen LogP) is 5.16. The average molecular weight is 645 g/mol. The van der Waals surface area contributed by atoms with Gasteiger partial charge >= 0.3 is 6.18 Å². The zero-order valence-corrected chi connectivity index (χ0v) is 25.4. The molecule has 1 unspecified atom stereocenters. The summed E-state index contributed by atoms with van der Waals surface area (Å²) >= 11 is 6.18. The number of pyridine rings is 1. The van der Waals surface area contributed by atoms with Crippen molar-refractivity contribution in [3.05, 3.63) is 69.6 Å². The Hall–Kier alpha value is -3.85. The molecule has 0 aliphatic carbocycles. The molecule has 2 aromatic heterocycles. The molecule has 3 amide bonds. The third kappa shape index (κ3) is 8.60. The van der Waals surface area contributed by atoms with Gasteiger partial charge in [0, 0.05) is 35.8 Å². The van der Waals surface area contributed by atoms with Gasteiger partial charge < -0.3 is 10.6 Å². The lowest BCUT2D eigenvalue weighted by atomic mass is 9.96. The van der Waals surface area contributed by atoms with Crippen LogP contribution in [0.15, 0.2) is 40.9 Å². The number of amides is 3. The minimum atomic E-state index is -4.86. The van der Waals surface area contributed by atoms with E-state index in [4.69, 9.17) is 11.6 Å². The van der Waals surface area contributed by atoms with E-state index < -0.39 is 57.1 Å². The van der Waals surface area contributed by atoms with Crippen molar-refractivity contribution in [2.45, 2.75) is 33.9 Å². The summed E-state index contributed by atoms with van der Waals surface area (Å²) < 4.78 is 70.1. The van der Waals surface area contributed by atoms with E-state index in [0.29, 0.717) is 17.2 Å². The number of aryl methyl sites for hydroxylation is 2. The van der Waals surface area contributed by atoms with Gasteiger partial charge in [-0.05, 0) is 48.6 Å². The molecule has 1 atom stereocenters. The number of carbonyl (C=O) groups is 3. The number of halogens is 5. The first kappa shape index (κ1) is 33.6. The Morgan fingerprint density at radius 3 is 2.37 bits per heavy atom. The van der Waals surface area contributed by atoms with E-state index in [0.717, 1.165) is 4.68 Å². The molecule has 3 rings (SSSR count).